The Labute approximate surface area is 203 Å². The molecule has 0 saturated carbocycles. The van der Waals surface area contributed by atoms with E-state index in [1.165, 1.54) is 41.0 Å². The summed E-state index contributed by atoms with van der Waals surface area (Å²) in [7, 11) is -7.35. The van der Waals surface area contributed by atoms with E-state index in [4.69, 9.17) is 4.74 Å². The number of rotatable bonds is 8. The van der Waals surface area contributed by atoms with Crippen LogP contribution in [-0.2, 0) is 30.5 Å². The topological polar surface area (TPSA) is 148 Å². The van der Waals surface area contributed by atoms with Crippen LogP contribution in [0.1, 0.15) is 15.9 Å². The molecule has 0 spiro atoms. The molecule has 0 radical (unpaired) electrons. The van der Waals surface area contributed by atoms with Crippen LogP contribution in [0.2, 0.25) is 0 Å². The first-order valence-corrected chi connectivity index (χ1v) is 13.7. The average Bonchev–Trinajstić information content (AvgIpc) is 2.85. The van der Waals surface area contributed by atoms with Gasteiger partial charge in [0.2, 0.25) is 16.0 Å². The number of carbonyl (C=O) groups is 1. The van der Waals surface area contributed by atoms with Crippen LogP contribution in [0.4, 0.5) is 11.6 Å². The number of morpholine rings is 1. The Bertz CT molecular complexity index is 1370. The van der Waals surface area contributed by atoms with E-state index >= 15 is 0 Å². The molecular weight excluding hydrogens is 494 g/mol. The van der Waals surface area contributed by atoms with Crippen molar-refractivity contribution in [2.75, 3.05) is 36.3 Å². The summed E-state index contributed by atoms with van der Waals surface area (Å²) in [5.74, 6) is -0.627. The normalized spacial score (nSPS) is 14.9. The molecule has 0 aliphatic carbocycles. The molecule has 13 heteroatoms. The smallest absolute Gasteiger partial charge is 0.264 e. The fourth-order valence-corrected chi connectivity index (χ4v) is 5.79. The lowest BCUT2D eigenvalue weighted by molar-refractivity contribution is 0.0729. The van der Waals surface area contributed by atoms with Gasteiger partial charge in [-0.3, -0.25) is 4.79 Å². The average molecular weight is 518 g/mol. The number of hydrogen-bond acceptors (Lipinski definition) is 8. The highest BCUT2D eigenvalue weighted by Crippen LogP contribution is 2.18. The Balaban J connectivity index is 1.37. The summed E-state index contributed by atoms with van der Waals surface area (Å²) in [6.45, 7) is 1.42. The maximum atomic E-state index is 12.6. The van der Waals surface area contributed by atoms with Crippen molar-refractivity contribution in [1.29, 1.82) is 0 Å². The Morgan fingerprint density at radius 2 is 1.54 bits per heavy atom. The third-order valence-corrected chi connectivity index (χ3v) is 8.34. The molecule has 3 aromatic rings. The summed E-state index contributed by atoms with van der Waals surface area (Å²) < 4.78 is 58.9. The van der Waals surface area contributed by atoms with Crippen molar-refractivity contribution < 1.29 is 26.4 Å². The van der Waals surface area contributed by atoms with Crippen molar-refractivity contribution in [3.8, 4) is 0 Å². The minimum absolute atomic E-state index is 0.0196. The molecule has 1 aliphatic heterocycles. The van der Waals surface area contributed by atoms with Crippen molar-refractivity contribution in [2.45, 2.75) is 10.6 Å². The number of aromatic nitrogens is 2. The van der Waals surface area contributed by atoms with Crippen molar-refractivity contribution in [3.05, 3.63) is 78.1 Å². The number of benzene rings is 2. The highest BCUT2D eigenvalue weighted by atomic mass is 32.2. The van der Waals surface area contributed by atoms with Crippen LogP contribution in [0.15, 0.2) is 71.9 Å². The van der Waals surface area contributed by atoms with Crippen molar-refractivity contribution >= 4 is 37.6 Å². The first-order valence-electron chi connectivity index (χ1n) is 10.6. The minimum Gasteiger partial charge on any atom is -0.379 e. The fourth-order valence-electron chi connectivity index (χ4n) is 3.33. The van der Waals surface area contributed by atoms with Crippen LogP contribution >= 0.6 is 0 Å². The Kier molecular flexibility index (Phi) is 7.40. The van der Waals surface area contributed by atoms with Crippen LogP contribution in [-0.4, -0.2) is 63.3 Å². The molecule has 2 heterocycles. The van der Waals surface area contributed by atoms with Crippen LogP contribution in [0, 0.1) is 0 Å². The van der Waals surface area contributed by atoms with Gasteiger partial charge in [0.1, 0.15) is 0 Å². The standard InChI is InChI=1S/C22H23N5O6S2/c28-21(18-4-2-17(3-5-18)16-34(29,30)27-12-14-33-15-13-27)25-19-6-8-20(9-7-19)35(31,32)26-22-23-10-1-11-24-22/h1-11H,12-16H2,(H,25,28)(H,23,24,26). The maximum absolute atomic E-state index is 12.6. The SMILES string of the molecule is O=C(Nc1ccc(S(=O)(=O)Nc2ncccn2)cc1)c1ccc(CS(=O)(=O)N2CCOCC2)cc1. The lowest BCUT2D eigenvalue weighted by atomic mass is 10.1. The summed E-state index contributed by atoms with van der Waals surface area (Å²) in [6.07, 6.45) is 2.83. The van der Waals surface area contributed by atoms with E-state index in [0.29, 0.717) is 43.1 Å². The van der Waals surface area contributed by atoms with Crippen molar-refractivity contribution in [3.63, 3.8) is 0 Å². The van der Waals surface area contributed by atoms with E-state index in [9.17, 15) is 21.6 Å². The predicted octanol–water partition coefficient (Wildman–Crippen LogP) is 1.69. The van der Waals surface area contributed by atoms with E-state index in [1.54, 1.807) is 30.3 Å². The Hall–Kier alpha value is -3.39. The van der Waals surface area contributed by atoms with E-state index in [1.807, 2.05) is 0 Å². The highest BCUT2D eigenvalue weighted by molar-refractivity contribution is 7.92. The molecule has 4 rings (SSSR count). The molecular formula is C22H23N5O6S2. The summed E-state index contributed by atoms with van der Waals surface area (Å²) in [5.41, 5.74) is 1.29. The summed E-state index contributed by atoms with van der Waals surface area (Å²) in [5, 5.41) is 2.69. The Morgan fingerprint density at radius 1 is 0.914 bits per heavy atom. The van der Waals surface area contributed by atoms with Gasteiger partial charge < -0.3 is 10.1 Å². The number of ether oxygens (including phenoxy) is 1. The largest absolute Gasteiger partial charge is 0.379 e. The lowest BCUT2D eigenvalue weighted by Gasteiger charge is -2.26. The lowest BCUT2D eigenvalue weighted by Crippen LogP contribution is -2.41. The minimum atomic E-state index is -3.89. The molecule has 35 heavy (non-hydrogen) atoms. The summed E-state index contributed by atoms with van der Waals surface area (Å²) in [4.78, 5) is 20.2. The van der Waals surface area contributed by atoms with Crippen LogP contribution in [0.5, 0.6) is 0 Å². The van der Waals surface area contributed by atoms with Gasteiger partial charge in [0, 0.05) is 36.7 Å². The van der Waals surface area contributed by atoms with Gasteiger partial charge >= 0.3 is 0 Å². The second-order valence-corrected chi connectivity index (χ2v) is 11.3. The zero-order valence-corrected chi connectivity index (χ0v) is 20.1. The van der Waals surface area contributed by atoms with Gasteiger partial charge in [0.15, 0.2) is 0 Å². The first kappa shape index (κ1) is 24.7. The zero-order valence-electron chi connectivity index (χ0n) is 18.5. The number of nitrogens with one attached hydrogen (secondary N) is 2. The fraction of sp³-hybridized carbons (Fsp3) is 0.227. The first-order chi connectivity index (χ1) is 16.7. The van der Waals surface area contributed by atoms with Gasteiger partial charge in [-0.25, -0.2) is 31.5 Å². The number of hydrogen-bond donors (Lipinski definition) is 2. The molecule has 1 aromatic heterocycles. The van der Waals surface area contributed by atoms with E-state index in [-0.39, 0.29) is 16.6 Å². The molecule has 1 amide bonds. The van der Waals surface area contributed by atoms with Gasteiger partial charge in [-0.05, 0) is 48.0 Å². The van der Waals surface area contributed by atoms with Crippen molar-refractivity contribution in [1.82, 2.24) is 14.3 Å². The second kappa shape index (κ2) is 10.5. The molecule has 11 nitrogen and oxygen atoms in total. The second-order valence-electron chi connectivity index (χ2n) is 7.62. The molecule has 184 valence electrons. The quantitative estimate of drug-likeness (QED) is 0.459. The predicted molar refractivity (Wildman–Crippen MR) is 129 cm³/mol. The van der Waals surface area contributed by atoms with Gasteiger partial charge in [0.05, 0.1) is 23.9 Å². The molecule has 0 atom stereocenters. The molecule has 1 saturated heterocycles. The molecule has 0 unspecified atom stereocenters. The van der Waals surface area contributed by atoms with E-state index < -0.39 is 26.0 Å². The molecule has 2 aromatic carbocycles. The summed E-state index contributed by atoms with van der Waals surface area (Å²) >= 11 is 0. The summed E-state index contributed by atoms with van der Waals surface area (Å²) in [6, 6.07) is 13.5. The van der Waals surface area contributed by atoms with E-state index in [0.717, 1.165) is 0 Å². The molecule has 0 bridgehead atoms. The van der Waals surface area contributed by atoms with Crippen LogP contribution in [0.25, 0.3) is 0 Å². The zero-order chi connectivity index (χ0) is 24.9. The Morgan fingerprint density at radius 3 is 2.17 bits per heavy atom. The van der Waals surface area contributed by atoms with Crippen LogP contribution < -0.4 is 10.0 Å². The third kappa shape index (κ3) is 6.39. The number of nitrogens with zero attached hydrogens (tertiary/aromatic N) is 3. The monoisotopic (exact) mass is 517 g/mol. The number of anilines is 2. The molecule has 2 N–H and O–H groups in total. The molecule has 1 fully saturated rings. The number of amides is 1. The third-order valence-electron chi connectivity index (χ3n) is 5.14. The van der Waals surface area contributed by atoms with Gasteiger partial charge in [-0.1, -0.05) is 12.1 Å². The molecule has 1 aliphatic rings. The van der Waals surface area contributed by atoms with Gasteiger partial charge in [0.25, 0.3) is 15.9 Å². The van der Waals surface area contributed by atoms with E-state index in [2.05, 4.69) is 20.0 Å². The van der Waals surface area contributed by atoms with Gasteiger partial charge in [-0.15, -0.1) is 0 Å². The van der Waals surface area contributed by atoms with Gasteiger partial charge in [-0.2, -0.15) is 4.31 Å². The number of carbonyl (C=O) groups excluding carboxylic acids is 1. The number of sulfonamides is 2. The van der Waals surface area contributed by atoms with Crippen LogP contribution in [0.3, 0.4) is 0 Å². The highest BCUT2D eigenvalue weighted by Gasteiger charge is 2.24. The maximum Gasteiger partial charge on any atom is 0.264 e. The van der Waals surface area contributed by atoms with Crippen molar-refractivity contribution in [2.24, 2.45) is 0 Å².